The molecule has 1 aliphatic heterocycles. The van der Waals surface area contributed by atoms with Crippen LogP contribution in [0.4, 0.5) is 18.0 Å². The molecule has 9 heteroatoms. The summed E-state index contributed by atoms with van der Waals surface area (Å²) in [4.78, 5) is 15.8. The van der Waals surface area contributed by atoms with Crippen molar-refractivity contribution >= 4 is 11.7 Å². The van der Waals surface area contributed by atoms with Crippen molar-refractivity contribution in [2.75, 3.05) is 6.54 Å². The van der Waals surface area contributed by atoms with Crippen molar-refractivity contribution in [2.24, 2.45) is 5.10 Å². The van der Waals surface area contributed by atoms with Crippen molar-refractivity contribution in [3.05, 3.63) is 59.3 Å². The molecule has 6 nitrogen and oxygen atoms in total. The third kappa shape index (κ3) is 5.19. The van der Waals surface area contributed by atoms with Gasteiger partial charge in [-0.05, 0) is 18.1 Å². The Morgan fingerprint density at radius 3 is 2.59 bits per heavy atom. The fourth-order valence-electron chi connectivity index (χ4n) is 2.52. The summed E-state index contributed by atoms with van der Waals surface area (Å²) in [5.41, 5.74) is 3.49. The zero-order chi connectivity index (χ0) is 19.4. The van der Waals surface area contributed by atoms with E-state index in [0.717, 1.165) is 22.9 Å². The summed E-state index contributed by atoms with van der Waals surface area (Å²) >= 11 is 0. The van der Waals surface area contributed by atoms with Crippen LogP contribution in [0.3, 0.4) is 0 Å². The molecular weight excluding hydrogens is 361 g/mol. The van der Waals surface area contributed by atoms with Crippen LogP contribution in [0.5, 0.6) is 5.88 Å². The Morgan fingerprint density at radius 1 is 1.22 bits per heavy atom. The van der Waals surface area contributed by atoms with Crippen LogP contribution in [-0.4, -0.2) is 34.6 Å². The van der Waals surface area contributed by atoms with E-state index >= 15 is 0 Å². The summed E-state index contributed by atoms with van der Waals surface area (Å²) in [6, 6.07) is 10.0. The summed E-state index contributed by atoms with van der Waals surface area (Å²) in [6.45, 7) is 2.58. The van der Waals surface area contributed by atoms with E-state index in [1.165, 1.54) is 17.3 Å². The monoisotopic (exact) mass is 378 g/mol. The second kappa shape index (κ2) is 7.65. The van der Waals surface area contributed by atoms with E-state index in [1.54, 1.807) is 0 Å². The van der Waals surface area contributed by atoms with Crippen molar-refractivity contribution in [3.63, 3.8) is 0 Å². The molecule has 0 unspecified atom stereocenters. The summed E-state index contributed by atoms with van der Waals surface area (Å²) in [6.07, 6.45) is -2.92. The summed E-state index contributed by atoms with van der Waals surface area (Å²) in [7, 11) is 0. The number of amides is 2. The highest BCUT2D eigenvalue weighted by Crippen LogP contribution is 2.20. The number of nitrogens with one attached hydrogen (secondary N) is 1. The van der Waals surface area contributed by atoms with Crippen LogP contribution in [-0.2, 0) is 6.54 Å². The lowest BCUT2D eigenvalue weighted by Crippen LogP contribution is -2.34. The van der Waals surface area contributed by atoms with Gasteiger partial charge in [0.2, 0.25) is 5.88 Å². The molecule has 0 saturated heterocycles. The van der Waals surface area contributed by atoms with Gasteiger partial charge in [-0.2, -0.15) is 5.10 Å². The van der Waals surface area contributed by atoms with Crippen LogP contribution in [0.2, 0.25) is 0 Å². The normalized spacial score (nSPS) is 14.1. The number of alkyl halides is 3. The molecule has 0 bridgehead atoms. The Morgan fingerprint density at radius 2 is 1.96 bits per heavy atom. The van der Waals surface area contributed by atoms with Gasteiger partial charge in [0.05, 0.1) is 12.3 Å². The molecule has 2 heterocycles. The minimum Gasteiger partial charge on any atom is -0.388 e. The second-order valence-electron chi connectivity index (χ2n) is 6.00. The Hall–Kier alpha value is -3.10. The molecule has 1 aliphatic rings. The number of rotatable bonds is 4. The van der Waals surface area contributed by atoms with Crippen LogP contribution in [0.1, 0.15) is 23.1 Å². The van der Waals surface area contributed by atoms with Gasteiger partial charge < -0.3 is 10.1 Å². The van der Waals surface area contributed by atoms with Gasteiger partial charge in [-0.1, -0.05) is 35.9 Å². The molecule has 0 fully saturated rings. The summed E-state index contributed by atoms with van der Waals surface area (Å²) in [5.74, 6) is -0.551. The number of carbonyl (C=O) groups excluding carboxylic acids is 1. The number of aryl methyl sites for hydroxylation is 1. The average molecular weight is 378 g/mol. The lowest BCUT2D eigenvalue weighted by atomic mass is 10.1. The van der Waals surface area contributed by atoms with Gasteiger partial charge in [0.15, 0.2) is 0 Å². The maximum atomic E-state index is 12.2. The van der Waals surface area contributed by atoms with E-state index in [-0.39, 0.29) is 12.6 Å². The highest BCUT2D eigenvalue weighted by Gasteiger charge is 2.31. The largest absolute Gasteiger partial charge is 0.574 e. The maximum Gasteiger partial charge on any atom is 0.574 e. The van der Waals surface area contributed by atoms with Crippen LogP contribution in [0, 0.1) is 6.92 Å². The van der Waals surface area contributed by atoms with Crippen LogP contribution < -0.4 is 10.1 Å². The van der Waals surface area contributed by atoms with Crippen LogP contribution in [0.15, 0.2) is 47.7 Å². The predicted molar refractivity (Wildman–Crippen MR) is 92.2 cm³/mol. The number of benzene rings is 1. The number of ether oxygens (including phenoxy) is 1. The number of carbonyl (C=O) groups is 1. The van der Waals surface area contributed by atoms with Crippen molar-refractivity contribution in [2.45, 2.75) is 26.3 Å². The van der Waals surface area contributed by atoms with Crippen LogP contribution >= 0.6 is 0 Å². The molecule has 1 aromatic carbocycles. The first-order valence-electron chi connectivity index (χ1n) is 8.21. The Bertz CT molecular complexity index is 833. The second-order valence-corrected chi connectivity index (χ2v) is 6.00. The van der Waals surface area contributed by atoms with Gasteiger partial charge in [0.1, 0.15) is 0 Å². The number of aromatic nitrogens is 1. The molecule has 27 heavy (non-hydrogen) atoms. The third-order valence-electron chi connectivity index (χ3n) is 3.88. The Balaban J connectivity index is 1.54. The van der Waals surface area contributed by atoms with Gasteiger partial charge >= 0.3 is 12.4 Å². The average Bonchev–Trinajstić information content (AvgIpc) is 3.10. The molecule has 2 aromatic rings. The number of urea groups is 1. The van der Waals surface area contributed by atoms with Gasteiger partial charge in [-0.15, -0.1) is 13.2 Å². The molecule has 0 aliphatic carbocycles. The van der Waals surface area contributed by atoms with Crippen LogP contribution in [0.25, 0.3) is 0 Å². The lowest BCUT2D eigenvalue weighted by molar-refractivity contribution is -0.276. The molecule has 142 valence electrons. The Labute approximate surface area is 153 Å². The van der Waals surface area contributed by atoms with Gasteiger partial charge in [-0.3, -0.25) is 0 Å². The SMILES string of the molecule is Cc1ccc(C2=NN(C(=O)NCc3ccc(OC(F)(F)F)nc3)CC2)cc1. The number of pyridine rings is 1. The first kappa shape index (κ1) is 18.7. The summed E-state index contributed by atoms with van der Waals surface area (Å²) < 4.78 is 40.0. The number of halogens is 3. The highest BCUT2D eigenvalue weighted by atomic mass is 19.4. The zero-order valence-electron chi connectivity index (χ0n) is 14.5. The smallest absolute Gasteiger partial charge is 0.388 e. The van der Waals surface area contributed by atoms with Gasteiger partial charge in [0.25, 0.3) is 0 Å². The van der Waals surface area contributed by atoms with E-state index in [1.807, 2.05) is 31.2 Å². The topological polar surface area (TPSA) is 66.8 Å². The van der Waals surface area contributed by atoms with E-state index in [4.69, 9.17) is 0 Å². The quantitative estimate of drug-likeness (QED) is 0.884. The van der Waals surface area contributed by atoms with E-state index in [2.05, 4.69) is 20.1 Å². The molecule has 0 spiro atoms. The molecule has 1 aromatic heterocycles. The number of hydrogen-bond acceptors (Lipinski definition) is 4. The highest BCUT2D eigenvalue weighted by molar-refractivity contribution is 6.02. The summed E-state index contributed by atoms with van der Waals surface area (Å²) in [5, 5.41) is 8.34. The number of nitrogens with zero attached hydrogens (tertiary/aromatic N) is 3. The predicted octanol–water partition coefficient (Wildman–Crippen LogP) is 3.61. The number of hydrazone groups is 1. The fraction of sp³-hybridized carbons (Fsp3) is 0.278. The molecule has 0 radical (unpaired) electrons. The zero-order valence-corrected chi connectivity index (χ0v) is 14.5. The minimum atomic E-state index is -4.79. The van der Waals surface area contributed by atoms with Crippen molar-refractivity contribution in [1.29, 1.82) is 0 Å². The van der Waals surface area contributed by atoms with E-state index in [0.29, 0.717) is 18.5 Å². The first-order valence-corrected chi connectivity index (χ1v) is 8.21. The fourth-order valence-corrected chi connectivity index (χ4v) is 2.52. The number of hydrogen-bond donors (Lipinski definition) is 1. The molecular formula is C18H17F3N4O2. The minimum absolute atomic E-state index is 0.115. The molecule has 0 saturated carbocycles. The Kier molecular flexibility index (Phi) is 5.29. The van der Waals surface area contributed by atoms with Gasteiger partial charge in [-0.25, -0.2) is 14.8 Å². The van der Waals surface area contributed by atoms with Gasteiger partial charge in [0, 0.05) is 25.2 Å². The maximum absolute atomic E-state index is 12.2. The molecule has 3 rings (SSSR count). The van der Waals surface area contributed by atoms with E-state index in [9.17, 15) is 18.0 Å². The lowest BCUT2D eigenvalue weighted by Gasteiger charge is -2.13. The standard InChI is InChI=1S/C18H17F3N4O2/c1-12-2-5-14(6-3-12)15-8-9-25(24-15)17(26)23-11-13-4-7-16(22-10-13)27-18(19,20)21/h2-7,10H,8-9,11H2,1H3,(H,23,26). The van der Waals surface area contributed by atoms with Crippen molar-refractivity contribution in [3.8, 4) is 5.88 Å². The van der Waals surface area contributed by atoms with Crippen molar-refractivity contribution in [1.82, 2.24) is 15.3 Å². The van der Waals surface area contributed by atoms with E-state index < -0.39 is 12.2 Å². The first-order chi connectivity index (χ1) is 12.8. The third-order valence-corrected chi connectivity index (χ3v) is 3.88. The molecule has 2 amide bonds. The molecule has 1 N–H and O–H groups in total. The molecule has 0 atom stereocenters. The van der Waals surface area contributed by atoms with Crippen molar-refractivity contribution < 1.29 is 22.7 Å².